The SMILES string of the molecule is O=C(OCC[C@H](OC(=O)c1ccccc1)[C@@H](COC(=O)c1ccccc1)OC(=O)c1ccccc1)c1ccccc1. The number of carbonyl (C=O) groups excluding carboxylic acids is 4. The summed E-state index contributed by atoms with van der Waals surface area (Å²) < 4.78 is 22.4. The number of rotatable bonds is 12. The zero-order valence-corrected chi connectivity index (χ0v) is 22.1. The van der Waals surface area contributed by atoms with E-state index in [1.165, 1.54) is 0 Å². The van der Waals surface area contributed by atoms with Gasteiger partial charge >= 0.3 is 23.9 Å². The highest BCUT2D eigenvalue weighted by Crippen LogP contribution is 2.17. The standard InChI is InChI=1S/C33H28O8/c34-30(24-13-5-1-6-14-24)38-22-21-28(40-32(36)26-17-9-3-10-18-26)29(41-33(37)27-19-11-4-12-20-27)23-39-31(35)25-15-7-2-8-16-25/h1-20,28-29H,21-23H2/t28-,29+/m0/s1. The number of hydrogen-bond acceptors (Lipinski definition) is 8. The number of carbonyl (C=O) groups is 4. The maximum atomic E-state index is 13.0. The molecule has 4 rings (SSSR count). The molecule has 0 radical (unpaired) electrons. The Bertz CT molecular complexity index is 1420. The second kappa shape index (κ2) is 14.8. The highest BCUT2D eigenvalue weighted by molar-refractivity contribution is 5.91. The van der Waals surface area contributed by atoms with Crippen molar-refractivity contribution >= 4 is 23.9 Å². The summed E-state index contributed by atoms with van der Waals surface area (Å²) in [6, 6.07) is 33.3. The zero-order valence-electron chi connectivity index (χ0n) is 22.1. The van der Waals surface area contributed by atoms with Gasteiger partial charge in [0.1, 0.15) is 12.7 Å². The second-order valence-corrected chi connectivity index (χ2v) is 8.87. The summed E-state index contributed by atoms with van der Waals surface area (Å²) in [4.78, 5) is 51.2. The van der Waals surface area contributed by atoms with Crippen molar-refractivity contribution in [3.8, 4) is 0 Å². The van der Waals surface area contributed by atoms with Gasteiger partial charge in [-0.3, -0.25) is 0 Å². The molecule has 8 nitrogen and oxygen atoms in total. The lowest BCUT2D eigenvalue weighted by atomic mass is 10.1. The summed E-state index contributed by atoms with van der Waals surface area (Å²) in [6.07, 6.45) is -2.37. The van der Waals surface area contributed by atoms with Crippen LogP contribution in [0.3, 0.4) is 0 Å². The predicted molar refractivity (Wildman–Crippen MR) is 149 cm³/mol. The minimum atomic E-state index is -1.21. The zero-order chi connectivity index (χ0) is 28.9. The first kappa shape index (κ1) is 28.8. The van der Waals surface area contributed by atoms with Crippen LogP contribution in [-0.4, -0.2) is 49.3 Å². The summed E-state index contributed by atoms with van der Waals surface area (Å²) in [5.74, 6) is -2.59. The fourth-order valence-electron chi connectivity index (χ4n) is 3.84. The fraction of sp³-hybridized carbons (Fsp3) is 0.152. The molecule has 8 heteroatoms. The number of benzene rings is 4. The van der Waals surface area contributed by atoms with Crippen LogP contribution in [0.4, 0.5) is 0 Å². The van der Waals surface area contributed by atoms with Crippen LogP contribution >= 0.6 is 0 Å². The van der Waals surface area contributed by atoms with Crippen molar-refractivity contribution in [3.05, 3.63) is 144 Å². The van der Waals surface area contributed by atoms with Gasteiger partial charge < -0.3 is 18.9 Å². The van der Waals surface area contributed by atoms with Crippen molar-refractivity contribution in [2.75, 3.05) is 13.2 Å². The third kappa shape index (κ3) is 8.63. The summed E-state index contributed by atoms with van der Waals surface area (Å²) in [5.41, 5.74) is 1.19. The van der Waals surface area contributed by atoms with E-state index < -0.39 is 42.7 Å². The van der Waals surface area contributed by atoms with Crippen molar-refractivity contribution in [2.45, 2.75) is 18.6 Å². The third-order valence-electron chi connectivity index (χ3n) is 5.98. The predicted octanol–water partition coefficient (Wildman–Crippen LogP) is 5.54. The van der Waals surface area contributed by atoms with Crippen LogP contribution in [0.1, 0.15) is 47.9 Å². The molecular formula is C33H28O8. The first-order valence-electron chi connectivity index (χ1n) is 13.0. The smallest absolute Gasteiger partial charge is 0.338 e. The third-order valence-corrected chi connectivity index (χ3v) is 5.98. The van der Waals surface area contributed by atoms with Gasteiger partial charge in [-0.15, -0.1) is 0 Å². The lowest BCUT2D eigenvalue weighted by Gasteiger charge is -2.27. The van der Waals surface area contributed by atoms with Gasteiger partial charge in [-0.1, -0.05) is 72.8 Å². The van der Waals surface area contributed by atoms with Crippen LogP contribution in [0.15, 0.2) is 121 Å². The molecule has 2 atom stereocenters. The van der Waals surface area contributed by atoms with E-state index in [-0.39, 0.29) is 24.2 Å². The van der Waals surface area contributed by atoms with Crippen LogP contribution in [-0.2, 0) is 18.9 Å². The van der Waals surface area contributed by atoms with Crippen LogP contribution in [0.25, 0.3) is 0 Å². The monoisotopic (exact) mass is 552 g/mol. The Kier molecular flexibility index (Phi) is 10.4. The van der Waals surface area contributed by atoms with Crippen molar-refractivity contribution in [1.29, 1.82) is 0 Å². The van der Waals surface area contributed by atoms with Crippen molar-refractivity contribution in [2.24, 2.45) is 0 Å². The van der Waals surface area contributed by atoms with Gasteiger partial charge in [0.15, 0.2) is 6.10 Å². The Labute approximate surface area is 237 Å². The molecule has 0 aromatic heterocycles. The van der Waals surface area contributed by atoms with Gasteiger partial charge in [0.25, 0.3) is 0 Å². The highest BCUT2D eigenvalue weighted by Gasteiger charge is 2.32. The first-order chi connectivity index (χ1) is 20.0. The number of ether oxygens (including phenoxy) is 4. The molecule has 0 aliphatic rings. The van der Waals surface area contributed by atoms with E-state index in [1.807, 2.05) is 0 Å². The van der Waals surface area contributed by atoms with E-state index in [0.717, 1.165) is 0 Å². The molecule has 0 aliphatic carbocycles. The molecule has 4 aromatic rings. The lowest BCUT2D eigenvalue weighted by Crippen LogP contribution is -2.40. The Balaban J connectivity index is 1.54. The largest absolute Gasteiger partial charge is 0.462 e. The van der Waals surface area contributed by atoms with E-state index in [4.69, 9.17) is 18.9 Å². The Morgan fingerprint density at radius 3 is 1.20 bits per heavy atom. The van der Waals surface area contributed by atoms with E-state index >= 15 is 0 Å². The molecule has 208 valence electrons. The lowest BCUT2D eigenvalue weighted by molar-refractivity contribution is -0.0641. The maximum absolute atomic E-state index is 13.0. The number of hydrogen-bond donors (Lipinski definition) is 0. The average Bonchev–Trinajstić information content (AvgIpc) is 3.03. The van der Waals surface area contributed by atoms with E-state index in [1.54, 1.807) is 121 Å². The summed E-state index contributed by atoms with van der Waals surface area (Å²) in [7, 11) is 0. The van der Waals surface area contributed by atoms with E-state index in [9.17, 15) is 19.2 Å². The molecule has 41 heavy (non-hydrogen) atoms. The molecule has 0 fully saturated rings. The van der Waals surface area contributed by atoms with Crippen molar-refractivity contribution in [1.82, 2.24) is 0 Å². The normalized spacial score (nSPS) is 11.9. The van der Waals surface area contributed by atoms with Crippen LogP contribution in [0.5, 0.6) is 0 Å². The van der Waals surface area contributed by atoms with Gasteiger partial charge in [-0.2, -0.15) is 0 Å². The molecule has 0 N–H and O–H groups in total. The highest BCUT2D eigenvalue weighted by atomic mass is 16.6. The van der Waals surface area contributed by atoms with Crippen molar-refractivity contribution < 1.29 is 38.1 Å². The summed E-state index contributed by atoms with van der Waals surface area (Å²) in [6.45, 7) is -0.571. The molecule has 0 bridgehead atoms. The first-order valence-corrected chi connectivity index (χ1v) is 13.0. The molecule has 0 saturated heterocycles. The quantitative estimate of drug-likeness (QED) is 0.167. The molecule has 0 heterocycles. The van der Waals surface area contributed by atoms with E-state index in [0.29, 0.717) is 11.1 Å². The van der Waals surface area contributed by atoms with Gasteiger partial charge in [-0.25, -0.2) is 19.2 Å². The number of esters is 4. The molecule has 0 unspecified atom stereocenters. The molecular weight excluding hydrogens is 524 g/mol. The fourth-order valence-corrected chi connectivity index (χ4v) is 3.84. The van der Waals surface area contributed by atoms with Gasteiger partial charge in [0.05, 0.1) is 28.9 Å². The Morgan fingerprint density at radius 2 is 0.780 bits per heavy atom. The van der Waals surface area contributed by atoms with Gasteiger partial charge in [0.2, 0.25) is 0 Å². The summed E-state index contributed by atoms with van der Waals surface area (Å²) >= 11 is 0. The van der Waals surface area contributed by atoms with Crippen LogP contribution in [0.2, 0.25) is 0 Å². The second-order valence-electron chi connectivity index (χ2n) is 8.87. The molecule has 0 aliphatic heterocycles. The molecule has 0 spiro atoms. The van der Waals surface area contributed by atoms with Crippen LogP contribution in [0, 0.1) is 0 Å². The Morgan fingerprint density at radius 1 is 0.439 bits per heavy atom. The minimum absolute atomic E-state index is 0.0349. The van der Waals surface area contributed by atoms with Gasteiger partial charge in [0, 0.05) is 6.42 Å². The molecule has 0 amide bonds. The maximum Gasteiger partial charge on any atom is 0.338 e. The Hall–Kier alpha value is -5.24. The molecule has 4 aromatic carbocycles. The molecule has 0 saturated carbocycles. The minimum Gasteiger partial charge on any atom is -0.462 e. The van der Waals surface area contributed by atoms with E-state index in [2.05, 4.69) is 0 Å². The average molecular weight is 553 g/mol. The van der Waals surface area contributed by atoms with Gasteiger partial charge in [-0.05, 0) is 48.5 Å². The van der Waals surface area contributed by atoms with Crippen LogP contribution < -0.4 is 0 Å². The summed E-state index contributed by atoms with van der Waals surface area (Å²) in [5, 5.41) is 0. The topological polar surface area (TPSA) is 105 Å². The van der Waals surface area contributed by atoms with Crippen molar-refractivity contribution in [3.63, 3.8) is 0 Å².